The van der Waals surface area contributed by atoms with E-state index in [-0.39, 0.29) is 10.7 Å². The number of hydrogen-bond acceptors (Lipinski definition) is 3. The molecule has 0 unspecified atom stereocenters. The molecule has 0 bridgehead atoms. The average molecular weight is 354 g/mol. The number of carbonyl (C=O) groups is 1. The molecule has 0 aliphatic rings. The molecular formula is C13H9BrFN3OS. The second-order valence-corrected chi connectivity index (χ2v) is 5.26. The lowest BCUT2D eigenvalue weighted by atomic mass is 10.2. The Labute approximate surface area is 128 Å². The first-order chi connectivity index (χ1) is 9.47. The van der Waals surface area contributed by atoms with Crippen LogP contribution in [0.25, 0.3) is 0 Å². The zero-order valence-electron chi connectivity index (χ0n) is 10.1. The number of nitrogens with one attached hydrogen (secondary N) is 1. The van der Waals surface area contributed by atoms with Crippen LogP contribution in [0.4, 0.5) is 10.1 Å². The maximum Gasteiger partial charge on any atom is 0.257 e. The molecule has 0 aliphatic carbocycles. The highest BCUT2D eigenvalue weighted by Crippen LogP contribution is 2.17. The second-order valence-electron chi connectivity index (χ2n) is 3.90. The number of anilines is 1. The fourth-order valence-electron chi connectivity index (χ4n) is 1.50. The predicted octanol–water partition coefficient (Wildman–Crippen LogP) is 2.87. The third-order valence-electron chi connectivity index (χ3n) is 2.47. The summed E-state index contributed by atoms with van der Waals surface area (Å²) in [5.41, 5.74) is 6.18. The van der Waals surface area contributed by atoms with Gasteiger partial charge in [-0.3, -0.25) is 9.78 Å². The van der Waals surface area contributed by atoms with E-state index in [9.17, 15) is 9.18 Å². The summed E-state index contributed by atoms with van der Waals surface area (Å²) in [6.07, 6.45) is 2.94. The van der Waals surface area contributed by atoms with E-state index in [0.29, 0.717) is 15.6 Å². The molecule has 0 aliphatic heterocycles. The Morgan fingerprint density at radius 2 is 2.05 bits per heavy atom. The van der Waals surface area contributed by atoms with E-state index < -0.39 is 11.7 Å². The van der Waals surface area contributed by atoms with Gasteiger partial charge < -0.3 is 11.1 Å². The van der Waals surface area contributed by atoms with Crippen LogP contribution in [0, 0.1) is 5.82 Å². The van der Waals surface area contributed by atoms with E-state index in [1.54, 1.807) is 18.3 Å². The fourth-order valence-corrected chi connectivity index (χ4v) is 1.99. The van der Waals surface area contributed by atoms with Gasteiger partial charge in [0, 0.05) is 22.4 Å². The Morgan fingerprint density at radius 1 is 1.30 bits per heavy atom. The van der Waals surface area contributed by atoms with Crippen molar-refractivity contribution in [2.24, 2.45) is 5.73 Å². The Kier molecular flexibility index (Phi) is 4.41. The first-order valence-corrected chi connectivity index (χ1v) is 6.69. The number of pyridine rings is 1. The third kappa shape index (κ3) is 3.37. The SMILES string of the molecule is NC(=S)c1ccc(NC(=O)c2cncc(Br)c2)c(F)c1. The van der Waals surface area contributed by atoms with Crippen LogP contribution in [-0.2, 0) is 0 Å². The minimum Gasteiger partial charge on any atom is -0.389 e. The Bertz CT molecular complexity index is 693. The van der Waals surface area contributed by atoms with Crippen molar-refractivity contribution in [3.63, 3.8) is 0 Å². The highest BCUT2D eigenvalue weighted by atomic mass is 79.9. The van der Waals surface area contributed by atoms with Gasteiger partial charge in [0.1, 0.15) is 10.8 Å². The molecule has 0 atom stereocenters. The minimum atomic E-state index is -0.605. The standard InChI is InChI=1S/C13H9BrFN3OS/c14-9-3-8(5-17-6-9)13(19)18-11-2-1-7(12(16)20)4-10(11)15/h1-6H,(H2,16,20)(H,18,19). The van der Waals surface area contributed by atoms with E-state index in [4.69, 9.17) is 18.0 Å². The lowest BCUT2D eigenvalue weighted by Crippen LogP contribution is -2.14. The molecule has 102 valence electrons. The smallest absolute Gasteiger partial charge is 0.257 e. The minimum absolute atomic E-state index is 0.0509. The number of thiocarbonyl (C=S) groups is 1. The first kappa shape index (κ1) is 14.5. The van der Waals surface area contributed by atoms with Crippen molar-refractivity contribution >= 4 is 44.7 Å². The number of nitrogens with two attached hydrogens (primary N) is 1. The van der Waals surface area contributed by atoms with Gasteiger partial charge >= 0.3 is 0 Å². The molecule has 0 fully saturated rings. The van der Waals surface area contributed by atoms with E-state index in [1.807, 2.05) is 0 Å². The van der Waals surface area contributed by atoms with Crippen molar-refractivity contribution < 1.29 is 9.18 Å². The maximum absolute atomic E-state index is 13.8. The zero-order valence-corrected chi connectivity index (χ0v) is 12.5. The number of rotatable bonds is 3. The monoisotopic (exact) mass is 353 g/mol. The van der Waals surface area contributed by atoms with Crippen LogP contribution in [0.2, 0.25) is 0 Å². The van der Waals surface area contributed by atoms with Crippen molar-refractivity contribution in [3.8, 4) is 0 Å². The Balaban J connectivity index is 2.22. The molecule has 4 nitrogen and oxygen atoms in total. The highest BCUT2D eigenvalue weighted by Gasteiger charge is 2.11. The summed E-state index contributed by atoms with van der Waals surface area (Å²) in [4.78, 5) is 15.9. The molecule has 1 heterocycles. The summed E-state index contributed by atoms with van der Waals surface area (Å²) in [5, 5.41) is 2.46. The highest BCUT2D eigenvalue weighted by molar-refractivity contribution is 9.10. The maximum atomic E-state index is 13.8. The van der Waals surface area contributed by atoms with Crippen molar-refractivity contribution in [3.05, 3.63) is 58.1 Å². The van der Waals surface area contributed by atoms with Gasteiger partial charge in [0.05, 0.1) is 11.3 Å². The molecule has 1 amide bonds. The summed E-state index contributed by atoms with van der Waals surface area (Å²) in [7, 11) is 0. The van der Waals surface area contributed by atoms with Gasteiger partial charge in [-0.2, -0.15) is 0 Å². The van der Waals surface area contributed by atoms with Gasteiger partial charge in [-0.1, -0.05) is 12.2 Å². The Morgan fingerprint density at radius 3 is 2.65 bits per heavy atom. The molecule has 0 radical (unpaired) electrons. The molecule has 2 rings (SSSR count). The third-order valence-corrected chi connectivity index (χ3v) is 3.14. The molecule has 20 heavy (non-hydrogen) atoms. The van der Waals surface area contributed by atoms with Gasteiger partial charge in [0.2, 0.25) is 0 Å². The average Bonchev–Trinajstić information content (AvgIpc) is 2.40. The first-order valence-electron chi connectivity index (χ1n) is 5.48. The summed E-state index contributed by atoms with van der Waals surface area (Å²) in [6, 6.07) is 5.72. The molecule has 2 aromatic rings. The van der Waals surface area contributed by atoms with Crippen LogP contribution < -0.4 is 11.1 Å². The number of nitrogens with zero attached hydrogens (tertiary/aromatic N) is 1. The van der Waals surface area contributed by atoms with Crippen LogP contribution in [0.3, 0.4) is 0 Å². The van der Waals surface area contributed by atoms with Crippen LogP contribution in [0.15, 0.2) is 41.1 Å². The lowest BCUT2D eigenvalue weighted by Gasteiger charge is -2.08. The zero-order chi connectivity index (χ0) is 14.7. The molecule has 0 saturated heterocycles. The normalized spacial score (nSPS) is 10.1. The molecular weight excluding hydrogens is 345 g/mol. The van der Waals surface area contributed by atoms with Crippen LogP contribution >= 0.6 is 28.1 Å². The number of aromatic nitrogens is 1. The fraction of sp³-hybridized carbons (Fsp3) is 0. The molecule has 0 spiro atoms. The van der Waals surface area contributed by atoms with Crippen LogP contribution in [0.5, 0.6) is 0 Å². The van der Waals surface area contributed by atoms with E-state index in [1.165, 1.54) is 18.3 Å². The van der Waals surface area contributed by atoms with E-state index in [2.05, 4.69) is 26.2 Å². The van der Waals surface area contributed by atoms with Crippen LogP contribution in [0.1, 0.15) is 15.9 Å². The van der Waals surface area contributed by atoms with Gasteiger partial charge in [-0.05, 0) is 40.2 Å². The second kappa shape index (κ2) is 6.06. The van der Waals surface area contributed by atoms with Gasteiger partial charge in [0.15, 0.2) is 0 Å². The topological polar surface area (TPSA) is 68.0 Å². The van der Waals surface area contributed by atoms with Gasteiger partial charge in [-0.25, -0.2) is 4.39 Å². The number of carbonyl (C=O) groups excluding carboxylic acids is 1. The number of benzene rings is 1. The van der Waals surface area contributed by atoms with Crippen molar-refractivity contribution in [1.29, 1.82) is 0 Å². The summed E-state index contributed by atoms with van der Waals surface area (Å²) < 4.78 is 14.5. The van der Waals surface area contributed by atoms with E-state index >= 15 is 0 Å². The summed E-state index contributed by atoms with van der Waals surface area (Å²) in [6.45, 7) is 0. The lowest BCUT2D eigenvalue weighted by molar-refractivity contribution is 0.102. The quantitative estimate of drug-likeness (QED) is 0.832. The number of halogens is 2. The molecule has 3 N–H and O–H groups in total. The molecule has 0 saturated carbocycles. The van der Waals surface area contributed by atoms with Gasteiger partial charge in [0.25, 0.3) is 5.91 Å². The Hall–Kier alpha value is -1.86. The van der Waals surface area contributed by atoms with Crippen molar-refractivity contribution in [2.75, 3.05) is 5.32 Å². The van der Waals surface area contributed by atoms with E-state index in [0.717, 1.165) is 0 Å². The van der Waals surface area contributed by atoms with Crippen molar-refractivity contribution in [1.82, 2.24) is 4.98 Å². The predicted molar refractivity (Wildman–Crippen MR) is 82.2 cm³/mol. The summed E-state index contributed by atoms with van der Waals surface area (Å²) >= 11 is 7.96. The largest absolute Gasteiger partial charge is 0.389 e. The molecule has 1 aromatic carbocycles. The van der Waals surface area contributed by atoms with Crippen molar-refractivity contribution in [2.45, 2.75) is 0 Å². The molecule has 1 aromatic heterocycles. The molecule has 7 heteroatoms. The number of hydrogen-bond donors (Lipinski definition) is 2. The summed E-state index contributed by atoms with van der Waals surface area (Å²) in [5.74, 6) is -1.06. The number of amides is 1. The van der Waals surface area contributed by atoms with Gasteiger partial charge in [-0.15, -0.1) is 0 Å². The van der Waals surface area contributed by atoms with Crippen LogP contribution in [-0.4, -0.2) is 15.9 Å².